The maximum absolute atomic E-state index is 15.3. The second-order valence-electron chi connectivity index (χ2n) is 15.2. The van der Waals surface area contributed by atoms with Gasteiger partial charge in [-0.25, -0.2) is 4.79 Å². The number of pyridine rings is 1. The first-order valence-corrected chi connectivity index (χ1v) is 18.9. The van der Waals surface area contributed by atoms with Crippen LogP contribution in [0.2, 0.25) is 10.0 Å². The molecule has 0 bridgehead atoms. The number of aliphatic imine (C=N–C) groups is 1. The van der Waals surface area contributed by atoms with Gasteiger partial charge in [0.1, 0.15) is 22.7 Å². The molecule has 272 valence electrons. The largest absolute Gasteiger partial charge is 0.493 e. The summed E-state index contributed by atoms with van der Waals surface area (Å²) < 4.78 is 6.29. The van der Waals surface area contributed by atoms with Crippen LogP contribution in [0.4, 0.5) is 4.79 Å². The van der Waals surface area contributed by atoms with Crippen molar-refractivity contribution < 1.29 is 14.3 Å². The first-order chi connectivity index (χ1) is 24.3. The molecule has 3 aromatic rings. The Morgan fingerprint density at radius 3 is 1.98 bits per heavy atom. The molecule has 0 unspecified atom stereocenters. The summed E-state index contributed by atoms with van der Waals surface area (Å²) in [5.41, 5.74) is 1.08. The predicted molar refractivity (Wildman–Crippen MR) is 204 cm³/mol. The van der Waals surface area contributed by atoms with Crippen molar-refractivity contribution in [1.82, 2.24) is 24.6 Å². The highest BCUT2D eigenvalue weighted by Crippen LogP contribution is 2.54. The van der Waals surface area contributed by atoms with Gasteiger partial charge in [0.2, 0.25) is 5.91 Å². The number of benzene rings is 2. The highest BCUT2D eigenvalue weighted by Gasteiger charge is 2.60. The molecule has 51 heavy (non-hydrogen) atoms. The Labute approximate surface area is 312 Å². The van der Waals surface area contributed by atoms with Gasteiger partial charge in [0.25, 0.3) is 0 Å². The third-order valence-electron chi connectivity index (χ3n) is 10.8. The number of urea groups is 1. The van der Waals surface area contributed by atoms with E-state index >= 15 is 4.79 Å². The molecule has 9 nitrogen and oxygen atoms in total. The molecule has 0 saturated carbocycles. The van der Waals surface area contributed by atoms with Gasteiger partial charge in [-0.1, -0.05) is 68.2 Å². The normalized spacial score (nSPS) is 23.0. The second kappa shape index (κ2) is 14.8. The molecule has 1 aromatic heterocycles. The lowest BCUT2D eigenvalue weighted by Gasteiger charge is -2.47. The van der Waals surface area contributed by atoms with Gasteiger partial charge < -0.3 is 14.5 Å². The van der Waals surface area contributed by atoms with Crippen LogP contribution in [0.3, 0.4) is 0 Å². The van der Waals surface area contributed by atoms with Crippen molar-refractivity contribution in [2.45, 2.75) is 77.3 Å². The molecule has 2 aromatic carbocycles. The molecule has 0 spiro atoms. The molecule has 3 aliphatic rings. The molecular weight excluding hydrogens is 683 g/mol. The lowest BCUT2D eigenvalue weighted by molar-refractivity contribution is -0.133. The third kappa shape index (κ3) is 7.22. The number of hydrogen-bond donors (Lipinski definition) is 0. The summed E-state index contributed by atoms with van der Waals surface area (Å²) in [6, 6.07) is 17.1. The molecule has 11 heteroatoms. The maximum Gasteiger partial charge on any atom is 0.326 e. The van der Waals surface area contributed by atoms with Crippen molar-refractivity contribution in [3.63, 3.8) is 0 Å². The molecule has 2 saturated heterocycles. The predicted octanol–water partition coefficient (Wildman–Crippen LogP) is 7.73. The van der Waals surface area contributed by atoms with Crippen molar-refractivity contribution in [1.29, 1.82) is 0 Å². The summed E-state index contributed by atoms with van der Waals surface area (Å²) in [6.07, 6.45) is 5.11. The highest BCUT2D eigenvalue weighted by molar-refractivity contribution is 6.30. The van der Waals surface area contributed by atoms with Crippen LogP contribution in [0.1, 0.15) is 83.2 Å². The Balaban J connectivity index is 1.44. The van der Waals surface area contributed by atoms with Crippen molar-refractivity contribution in [3.05, 3.63) is 93.2 Å². The highest BCUT2D eigenvalue weighted by atomic mass is 35.5. The fraction of sp³-hybridized carbons (Fsp3) is 0.500. The number of ether oxygens (including phenoxy) is 1. The van der Waals surface area contributed by atoms with E-state index in [-0.39, 0.29) is 17.4 Å². The van der Waals surface area contributed by atoms with Crippen molar-refractivity contribution >= 4 is 41.0 Å². The zero-order valence-electron chi connectivity index (χ0n) is 30.7. The summed E-state index contributed by atoms with van der Waals surface area (Å²) in [6.45, 7) is 17.1. The van der Waals surface area contributed by atoms with Gasteiger partial charge in [-0.3, -0.25) is 24.6 Å². The Morgan fingerprint density at radius 1 is 0.824 bits per heavy atom. The molecule has 6 rings (SSSR count). The molecule has 3 aliphatic heterocycles. The van der Waals surface area contributed by atoms with Gasteiger partial charge in [0.15, 0.2) is 0 Å². The Hall–Kier alpha value is -3.66. The van der Waals surface area contributed by atoms with E-state index in [0.717, 1.165) is 42.8 Å². The first kappa shape index (κ1) is 37.1. The summed E-state index contributed by atoms with van der Waals surface area (Å²) in [5.74, 6) is 1.27. The van der Waals surface area contributed by atoms with E-state index in [1.807, 2.05) is 76.2 Å². The lowest BCUT2D eigenvalue weighted by Crippen LogP contribution is -2.61. The fourth-order valence-corrected chi connectivity index (χ4v) is 7.78. The van der Waals surface area contributed by atoms with Crippen LogP contribution in [0.25, 0.3) is 0 Å². The fourth-order valence-electron chi connectivity index (χ4n) is 7.53. The number of piperazine rings is 1. The monoisotopic (exact) mass is 732 g/mol. The molecule has 2 atom stereocenters. The van der Waals surface area contributed by atoms with E-state index in [2.05, 4.69) is 39.5 Å². The van der Waals surface area contributed by atoms with E-state index < -0.39 is 11.1 Å². The van der Waals surface area contributed by atoms with Gasteiger partial charge >= 0.3 is 6.03 Å². The Morgan fingerprint density at radius 2 is 1.41 bits per heavy atom. The second-order valence-corrected chi connectivity index (χ2v) is 16.0. The SMILES string of the molecule is CCOc1cc(C(C)(C)C)ncc1C1=N[C@@](C)(c2ccc(Cl)cc2)[C@@](C)(c2ccc(Cl)cc2)N1C(=O)N1CCN(CC(=O)N2CCCCC2)CC1. The minimum Gasteiger partial charge on any atom is -0.493 e. The quantitative estimate of drug-likeness (QED) is 0.249. The number of halogens is 2. The van der Waals surface area contributed by atoms with Gasteiger partial charge in [-0.2, -0.15) is 0 Å². The number of amidine groups is 1. The maximum atomic E-state index is 15.3. The number of piperidine rings is 1. The zero-order valence-corrected chi connectivity index (χ0v) is 32.2. The smallest absolute Gasteiger partial charge is 0.326 e. The summed E-state index contributed by atoms with van der Waals surface area (Å²) in [5, 5.41) is 1.21. The van der Waals surface area contributed by atoms with E-state index in [1.165, 1.54) is 6.42 Å². The van der Waals surface area contributed by atoms with Gasteiger partial charge in [0.05, 0.1) is 18.7 Å². The molecule has 2 fully saturated rings. The average Bonchev–Trinajstić information content (AvgIpc) is 3.36. The topological polar surface area (TPSA) is 81.6 Å². The minimum absolute atomic E-state index is 0.173. The van der Waals surface area contributed by atoms with Crippen molar-refractivity contribution in [3.8, 4) is 5.75 Å². The van der Waals surface area contributed by atoms with Crippen LogP contribution in [0.5, 0.6) is 5.75 Å². The van der Waals surface area contributed by atoms with Crippen LogP contribution < -0.4 is 4.74 Å². The number of rotatable bonds is 7. The third-order valence-corrected chi connectivity index (χ3v) is 11.3. The van der Waals surface area contributed by atoms with Crippen LogP contribution in [0.15, 0.2) is 65.8 Å². The van der Waals surface area contributed by atoms with Crippen molar-refractivity contribution in [2.75, 3.05) is 52.4 Å². The number of amides is 3. The average molecular weight is 734 g/mol. The van der Waals surface area contributed by atoms with Crippen molar-refractivity contribution in [2.24, 2.45) is 4.99 Å². The number of carbonyl (C=O) groups is 2. The standard InChI is InChI=1S/C40H50Cl2N6O3/c1-7-51-33-25-34(38(2,3)4)43-26-32(33)36-44-39(5,28-11-15-30(41)16-12-28)40(6,29-13-17-31(42)18-14-29)48(36)37(50)47-23-21-45(22-24-47)27-35(49)46-19-9-8-10-20-46/h11-18,25-26H,7-10,19-24,27H2,1-6H3/t39-,40+/m0/s1. The molecule has 0 aliphatic carbocycles. The van der Waals surface area contributed by atoms with Crippen LogP contribution in [-0.4, -0.2) is 94.8 Å². The van der Waals surface area contributed by atoms with E-state index in [4.69, 9.17) is 37.9 Å². The van der Waals surface area contributed by atoms with Gasteiger partial charge in [0, 0.05) is 72.7 Å². The molecule has 4 heterocycles. The number of hydrogen-bond acceptors (Lipinski definition) is 6. The summed E-state index contributed by atoms with van der Waals surface area (Å²) >= 11 is 12.8. The van der Waals surface area contributed by atoms with Crippen LogP contribution in [0, 0.1) is 0 Å². The molecule has 0 N–H and O–H groups in total. The van der Waals surface area contributed by atoms with Gasteiger partial charge in [-0.15, -0.1) is 0 Å². The van der Waals surface area contributed by atoms with Gasteiger partial charge in [-0.05, 0) is 75.4 Å². The minimum atomic E-state index is -1.02. The van der Waals surface area contributed by atoms with E-state index in [1.54, 1.807) is 6.20 Å². The van der Waals surface area contributed by atoms with Crippen LogP contribution in [-0.2, 0) is 21.3 Å². The first-order valence-electron chi connectivity index (χ1n) is 18.1. The Kier molecular flexibility index (Phi) is 10.7. The lowest BCUT2D eigenvalue weighted by atomic mass is 9.71. The number of aromatic nitrogens is 1. The zero-order chi connectivity index (χ0) is 36.6. The number of nitrogens with zero attached hydrogens (tertiary/aromatic N) is 6. The number of carbonyl (C=O) groups excluding carboxylic acids is 2. The Bertz CT molecular complexity index is 1760. The summed E-state index contributed by atoms with van der Waals surface area (Å²) in [7, 11) is 0. The molecule has 0 radical (unpaired) electrons. The van der Waals surface area contributed by atoms with E-state index in [9.17, 15) is 4.79 Å². The van der Waals surface area contributed by atoms with E-state index in [0.29, 0.717) is 66.5 Å². The summed E-state index contributed by atoms with van der Waals surface area (Å²) in [4.78, 5) is 46.6. The molecular formula is C40H50Cl2N6O3. The van der Waals surface area contributed by atoms with Crippen LogP contribution >= 0.6 is 23.2 Å². The number of likely N-dealkylation sites (tertiary alicyclic amines) is 1. The molecule has 3 amide bonds.